The summed E-state index contributed by atoms with van der Waals surface area (Å²) in [5.41, 5.74) is 0.118. The number of amides is 1. The average Bonchev–Trinajstić information content (AvgIpc) is 2.56. The van der Waals surface area contributed by atoms with Crippen LogP contribution in [0.4, 0.5) is 13.2 Å². The fourth-order valence-electron chi connectivity index (χ4n) is 1.77. The molecule has 0 unspecified atom stereocenters. The van der Waals surface area contributed by atoms with Gasteiger partial charge in [-0.3, -0.25) is 4.79 Å². The summed E-state index contributed by atoms with van der Waals surface area (Å²) >= 11 is 1.88. The molecule has 1 aromatic rings. The zero-order valence-electron chi connectivity index (χ0n) is 8.72. The summed E-state index contributed by atoms with van der Waals surface area (Å²) in [6, 6.07) is 3.83. The van der Waals surface area contributed by atoms with Crippen LogP contribution in [-0.4, -0.2) is 29.8 Å². The second-order valence-corrected chi connectivity index (χ2v) is 5.24. The van der Waals surface area contributed by atoms with Gasteiger partial charge in [-0.1, -0.05) is 0 Å². The minimum absolute atomic E-state index is 0.0128. The first-order valence-electron chi connectivity index (χ1n) is 5.01. The second-order valence-electron chi connectivity index (χ2n) is 3.99. The van der Waals surface area contributed by atoms with Gasteiger partial charge >= 0.3 is 0 Å². The number of hydrogen-bond acceptors (Lipinski definition) is 1. The number of hydrogen-bond donors (Lipinski definition) is 0. The van der Waals surface area contributed by atoms with Gasteiger partial charge in [0.05, 0.1) is 6.54 Å². The van der Waals surface area contributed by atoms with Crippen LogP contribution in [-0.2, 0) is 0 Å². The quantitative estimate of drug-likeness (QED) is 0.710. The summed E-state index contributed by atoms with van der Waals surface area (Å²) in [6.07, 6.45) is -0.328. The van der Waals surface area contributed by atoms with E-state index < -0.39 is 24.2 Å². The van der Waals surface area contributed by atoms with E-state index in [-0.39, 0.29) is 18.5 Å². The van der Waals surface area contributed by atoms with Gasteiger partial charge in [0.1, 0.15) is 5.82 Å². The first-order chi connectivity index (χ1) is 7.87. The van der Waals surface area contributed by atoms with Crippen LogP contribution in [0.25, 0.3) is 0 Å². The Bertz CT molecular complexity index is 444. The smallest absolute Gasteiger partial charge is 0.267 e. The van der Waals surface area contributed by atoms with Crippen molar-refractivity contribution in [1.82, 2.24) is 4.90 Å². The topological polar surface area (TPSA) is 20.3 Å². The Labute approximate surface area is 110 Å². The molecule has 0 bridgehead atoms. The summed E-state index contributed by atoms with van der Waals surface area (Å²) in [5.74, 6) is -3.90. The first-order valence-corrected chi connectivity index (χ1v) is 6.08. The average molecular weight is 355 g/mol. The number of carbonyl (C=O) groups excluding carboxylic acids is 1. The van der Waals surface area contributed by atoms with E-state index in [2.05, 4.69) is 0 Å². The van der Waals surface area contributed by atoms with Crippen LogP contribution in [0.5, 0.6) is 0 Å². The molecule has 92 valence electrons. The van der Waals surface area contributed by atoms with Crippen LogP contribution in [0.3, 0.4) is 0 Å². The molecule has 0 aromatic heterocycles. The number of nitrogens with zero attached hydrogens (tertiary/aromatic N) is 1. The molecular weight excluding hydrogens is 346 g/mol. The van der Waals surface area contributed by atoms with Crippen molar-refractivity contribution >= 4 is 28.5 Å². The molecule has 2 rings (SSSR count). The van der Waals surface area contributed by atoms with Crippen molar-refractivity contribution in [2.45, 2.75) is 12.3 Å². The van der Waals surface area contributed by atoms with Crippen LogP contribution >= 0.6 is 22.6 Å². The Morgan fingerprint density at radius 1 is 1.35 bits per heavy atom. The van der Waals surface area contributed by atoms with Gasteiger partial charge in [0.25, 0.3) is 11.8 Å². The Hall–Kier alpha value is -0.790. The third-order valence-electron chi connectivity index (χ3n) is 2.57. The molecule has 0 aliphatic carbocycles. The van der Waals surface area contributed by atoms with Crippen LogP contribution in [0, 0.1) is 9.39 Å². The Morgan fingerprint density at radius 3 is 2.59 bits per heavy atom. The predicted octanol–water partition coefficient (Wildman–Crippen LogP) is 2.91. The van der Waals surface area contributed by atoms with Crippen LogP contribution in [0.1, 0.15) is 16.8 Å². The lowest BCUT2D eigenvalue weighted by atomic mass is 10.2. The number of benzene rings is 1. The van der Waals surface area contributed by atoms with Crippen LogP contribution in [0.15, 0.2) is 18.2 Å². The largest absolute Gasteiger partial charge is 0.332 e. The van der Waals surface area contributed by atoms with E-state index in [4.69, 9.17) is 0 Å². The summed E-state index contributed by atoms with van der Waals surface area (Å²) < 4.78 is 39.6. The van der Waals surface area contributed by atoms with Crippen molar-refractivity contribution in [1.29, 1.82) is 0 Å². The van der Waals surface area contributed by atoms with Crippen molar-refractivity contribution < 1.29 is 18.0 Å². The molecule has 0 radical (unpaired) electrons. The molecule has 1 saturated heterocycles. The molecular formula is C11H9F3INO. The Balaban J connectivity index is 2.20. The third-order valence-corrected chi connectivity index (χ3v) is 3.19. The molecule has 1 aromatic carbocycles. The zero-order valence-corrected chi connectivity index (χ0v) is 10.9. The van der Waals surface area contributed by atoms with Crippen molar-refractivity contribution in [3.05, 3.63) is 33.1 Å². The lowest BCUT2D eigenvalue weighted by Gasteiger charge is -2.16. The van der Waals surface area contributed by atoms with Crippen molar-refractivity contribution in [2.24, 2.45) is 0 Å². The van der Waals surface area contributed by atoms with Gasteiger partial charge < -0.3 is 4.90 Å². The highest BCUT2D eigenvalue weighted by Crippen LogP contribution is 2.28. The molecule has 2 nitrogen and oxygen atoms in total. The maximum absolute atomic E-state index is 13.1. The number of alkyl halides is 2. The number of carbonyl (C=O) groups is 1. The van der Waals surface area contributed by atoms with Gasteiger partial charge in [0.15, 0.2) is 0 Å². The van der Waals surface area contributed by atoms with E-state index in [9.17, 15) is 18.0 Å². The first kappa shape index (κ1) is 12.7. The molecule has 0 N–H and O–H groups in total. The second kappa shape index (κ2) is 4.47. The number of halogens is 4. The molecule has 0 atom stereocenters. The van der Waals surface area contributed by atoms with E-state index in [1.165, 1.54) is 12.1 Å². The van der Waals surface area contributed by atoms with Gasteiger partial charge in [-0.25, -0.2) is 13.2 Å². The van der Waals surface area contributed by atoms with E-state index in [0.29, 0.717) is 3.57 Å². The predicted molar refractivity (Wildman–Crippen MR) is 64.6 cm³/mol. The highest BCUT2D eigenvalue weighted by molar-refractivity contribution is 14.1. The van der Waals surface area contributed by atoms with Gasteiger partial charge in [0.2, 0.25) is 0 Å². The molecule has 17 heavy (non-hydrogen) atoms. The van der Waals surface area contributed by atoms with Gasteiger partial charge in [-0.15, -0.1) is 0 Å². The van der Waals surface area contributed by atoms with Gasteiger partial charge in [0, 0.05) is 22.1 Å². The van der Waals surface area contributed by atoms with Gasteiger partial charge in [-0.05, 0) is 40.8 Å². The number of rotatable bonds is 1. The Kier molecular flexibility index (Phi) is 3.33. The minimum Gasteiger partial charge on any atom is -0.332 e. The molecule has 1 fully saturated rings. The lowest BCUT2D eigenvalue weighted by Crippen LogP contribution is -2.31. The lowest BCUT2D eigenvalue weighted by molar-refractivity contribution is 0.0120. The standard InChI is InChI=1S/C11H9F3INO/c12-8-3-7(4-9(15)5-8)10(17)16-2-1-11(13,14)6-16/h3-5H,1-2,6H2. The van der Waals surface area contributed by atoms with E-state index in [1.54, 1.807) is 0 Å². The molecule has 0 spiro atoms. The van der Waals surface area contributed by atoms with E-state index in [0.717, 1.165) is 11.0 Å². The fourth-order valence-corrected chi connectivity index (χ4v) is 2.40. The number of likely N-dealkylation sites (tertiary alicyclic amines) is 1. The molecule has 1 amide bonds. The molecule has 1 aliphatic rings. The monoisotopic (exact) mass is 355 g/mol. The van der Waals surface area contributed by atoms with E-state index >= 15 is 0 Å². The molecule has 1 heterocycles. The minimum atomic E-state index is -2.82. The SMILES string of the molecule is O=C(c1cc(F)cc(I)c1)N1CCC(F)(F)C1. The van der Waals surface area contributed by atoms with Crippen molar-refractivity contribution in [3.63, 3.8) is 0 Å². The summed E-state index contributed by atoms with van der Waals surface area (Å²) in [7, 11) is 0. The highest BCUT2D eigenvalue weighted by atomic mass is 127. The summed E-state index contributed by atoms with van der Waals surface area (Å²) in [6.45, 7) is -0.572. The molecule has 6 heteroatoms. The normalized spacial score (nSPS) is 18.5. The Morgan fingerprint density at radius 2 is 2.06 bits per heavy atom. The fraction of sp³-hybridized carbons (Fsp3) is 0.364. The molecule has 1 aliphatic heterocycles. The third kappa shape index (κ3) is 2.91. The summed E-state index contributed by atoms with van der Waals surface area (Å²) in [5, 5.41) is 0. The van der Waals surface area contributed by atoms with Crippen molar-refractivity contribution in [2.75, 3.05) is 13.1 Å². The van der Waals surface area contributed by atoms with Crippen LogP contribution < -0.4 is 0 Å². The highest BCUT2D eigenvalue weighted by Gasteiger charge is 2.40. The van der Waals surface area contributed by atoms with Crippen molar-refractivity contribution in [3.8, 4) is 0 Å². The summed E-state index contributed by atoms with van der Waals surface area (Å²) in [4.78, 5) is 12.9. The maximum Gasteiger partial charge on any atom is 0.267 e. The van der Waals surface area contributed by atoms with E-state index in [1.807, 2.05) is 22.6 Å². The zero-order chi connectivity index (χ0) is 12.6. The van der Waals surface area contributed by atoms with Crippen LogP contribution in [0.2, 0.25) is 0 Å². The van der Waals surface area contributed by atoms with Gasteiger partial charge in [-0.2, -0.15) is 0 Å². The maximum atomic E-state index is 13.1. The molecule has 0 saturated carbocycles.